The minimum absolute atomic E-state index is 0.0582. The maximum atomic E-state index is 12.0. The lowest BCUT2D eigenvalue weighted by atomic mass is 9.88. The van der Waals surface area contributed by atoms with Gasteiger partial charge in [0.25, 0.3) is 0 Å². The fourth-order valence-electron chi connectivity index (χ4n) is 3.15. The molecule has 2 aromatic rings. The van der Waals surface area contributed by atoms with Crippen molar-refractivity contribution in [2.24, 2.45) is 5.41 Å². The van der Waals surface area contributed by atoms with Crippen LogP contribution in [0.1, 0.15) is 45.0 Å². The van der Waals surface area contributed by atoms with Crippen LogP contribution < -0.4 is 5.32 Å². The van der Waals surface area contributed by atoms with Gasteiger partial charge >= 0.3 is 12.1 Å². The van der Waals surface area contributed by atoms with Crippen LogP contribution >= 0.6 is 0 Å². The molecule has 2 N–H and O–H groups in total. The van der Waals surface area contributed by atoms with Crippen LogP contribution in [0.2, 0.25) is 0 Å². The first-order valence-electron chi connectivity index (χ1n) is 10.1. The summed E-state index contributed by atoms with van der Waals surface area (Å²) in [5, 5.41) is 13.3. The first kappa shape index (κ1) is 22.7. The van der Waals surface area contributed by atoms with Crippen molar-refractivity contribution < 1.29 is 28.9 Å². The third kappa shape index (κ3) is 5.80. The summed E-state index contributed by atoms with van der Waals surface area (Å²) in [6.45, 7) is 7.47. The number of hydrogen-bond acceptors (Lipinski definition) is 6. The summed E-state index contributed by atoms with van der Waals surface area (Å²) in [6, 6.07) is 9.12. The number of carbonyl (C=O) groups excluding carboxylic acids is 1. The van der Waals surface area contributed by atoms with Crippen LogP contribution in [-0.4, -0.2) is 47.8 Å². The number of benzene rings is 1. The molecule has 1 amide bonds. The van der Waals surface area contributed by atoms with E-state index in [4.69, 9.17) is 14.2 Å². The highest BCUT2D eigenvalue weighted by Crippen LogP contribution is 2.26. The standard InChI is InChI=1S/C23H28N2O6/c1-15(24-21(28)31-22(2,3)4)18-8-7-17-6-5-16(11-19(17)25-18)9-10-23(20(26)27)12-29-14-30-13-23/h5-11,15H,12-14H2,1-4H3,(H,24,28)(H,26,27)/b10-9+. The van der Waals surface area contributed by atoms with Gasteiger partial charge in [-0.2, -0.15) is 0 Å². The minimum Gasteiger partial charge on any atom is -0.480 e. The Bertz CT molecular complexity index is 989. The van der Waals surface area contributed by atoms with Crippen LogP contribution in [0.4, 0.5) is 4.79 Å². The molecule has 0 aliphatic carbocycles. The van der Waals surface area contributed by atoms with E-state index >= 15 is 0 Å². The monoisotopic (exact) mass is 428 g/mol. The first-order chi connectivity index (χ1) is 14.6. The van der Waals surface area contributed by atoms with Crippen LogP contribution in [0.15, 0.2) is 36.4 Å². The van der Waals surface area contributed by atoms with Crippen molar-refractivity contribution in [3.8, 4) is 0 Å². The second-order valence-corrected chi connectivity index (χ2v) is 8.67. The molecule has 1 aliphatic rings. The summed E-state index contributed by atoms with van der Waals surface area (Å²) >= 11 is 0. The maximum Gasteiger partial charge on any atom is 0.408 e. The van der Waals surface area contributed by atoms with E-state index in [1.165, 1.54) is 0 Å². The fourth-order valence-corrected chi connectivity index (χ4v) is 3.15. The van der Waals surface area contributed by atoms with E-state index < -0.39 is 23.1 Å². The minimum atomic E-state index is -1.21. The second-order valence-electron chi connectivity index (χ2n) is 8.67. The van der Waals surface area contributed by atoms with Crippen molar-refractivity contribution in [1.82, 2.24) is 10.3 Å². The molecule has 1 aliphatic heterocycles. The Hall–Kier alpha value is -2.97. The largest absolute Gasteiger partial charge is 0.480 e. The van der Waals surface area contributed by atoms with E-state index in [9.17, 15) is 14.7 Å². The number of carboxylic acid groups (broad SMARTS) is 1. The molecule has 0 spiro atoms. The molecule has 0 radical (unpaired) electrons. The van der Waals surface area contributed by atoms with Gasteiger partial charge in [-0.25, -0.2) is 4.79 Å². The maximum absolute atomic E-state index is 12.0. The molecule has 2 heterocycles. The number of carbonyl (C=O) groups is 2. The number of nitrogens with one attached hydrogen (secondary N) is 1. The predicted molar refractivity (Wildman–Crippen MR) is 115 cm³/mol. The lowest BCUT2D eigenvalue weighted by Crippen LogP contribution is -2.42. The predicted octanol–water partition coefficient (Wildman–Crippen LogP) is 3.91. The number of aliphatic carboxylic acids is 1. The molecule has 0 bridgehead atoms. The van der Waals surface area contributed by atoms with E-state index in [2.05, 4.69) is 10.3 Å². The van der Waals surface area contributed by atoms with Gasteiger partial charge in [0.1, 0.15) is 17.8 Å². The van der Waals surface area contributed by atoms with Crippen molar-refractivity contribution in [2.45, 2.75) is 39.3 Å². The van der Waals surface area contributed by atoms with Gasteiger partial charge in [-0.05, 0) is 45.4 Å². The van der Waals surface area contributed by atoms with E-state index in [1.54, 1.807) is 32.9 Å². The number of pyridine rings is 1. The van der Waals surface area contributed by atoms with Gasteiger partial charge in [0.15, 0.2) is 0 Å². The highest BCUT2D eigenvalue weighted by atomic mass is 16.7. The number of alkyl carbamates (subject to hydrolysis) is 1. The molecule has 31 heavy (non-hydrogen) atoms. The van der Waals surface area contributed by atoms with Gasteiger partial charge in [0.05, 0.1) is 30.5 Å². The van der Waals surface area contributed by atoms with Crippen LogP contribution in [0, 0.1) is 5.41 Å². The van der Waals surface area contributed by atoms with Gasteiger partial charge in [-0.3, -0.25) is 9.78 Å². The number of nitrogens with zero attached hydrogens (tertiary/aromatic N) is 1. The van der Waals surface area contributed by atoms with E-state index in [-0.39, 0.29) is 26.0 Å². The van der Waals surface area contributed by atoms with Crippen molar-refractivity contribution >= 4 is 29.0 Å². The third-order valence-corrected chi connectivity index (χ3v) is 4.82. The molecule has 1 aromatic carbocycles. The Morgan fingerprint density at radius 3 is 2.55 bits per heavy atom. The summed E-state index contributed by atoms with van der Waals surface area (Å²) in [6.07, 6.45) is 2.84. The lowest BCUT2D eigenvalue weighted by Gasteiger charge is -2.29. The van der Waals surface area contributed by atoms with Crippen molar-refractivity contribution in [3.63, 3.8) is 0 Å². The van der Waals surface area contributed by atoms with Crippen molar-refractivity contribution in [3.05, 3.63) is 47.7 Å². The zero-order chi connectivity index (χ0) is 22.6. The molecule has 8 nitrogen and oxygen atoms in total. The molecule has 1 aromatic heterocycles. The highest BCUT2D eigenvalue weighted by Gasteiger charge is 2.39. The average Bonchev–Trinajstić information content (AvgIpc) is 2.70. The SMILES string of the molecule is CC(NC(=O)OC(C)(C)C)c1ccc2ccc(/C=C/C3(C(=O)O)COCOC3)cc2n1. The summed E-state index contributed by atoms with van der Waals surface area (Å²) in [5.41, 5.74) is 0.433. The topological polar surface area (TPSA) is 107 Å². The highest BCUT2D eigenvalue weighted by molar-refractivity contribution is 5.83. The quantitative estimate of drug-likeness (QED) is 0.743. The van der Waals surface area contributed by atoms with E-state index in [1.807, 2.05) is 37.3 Å². The van der Waals surface area contributed by atoms with Crippen molar-refractivity contribution in [1.29, 1.82) is 0 Å². The second kappa shape index (κ2) is 9.03. The first-order valence-corrected chi connectivity index (χ1v) is 10.1. The molecular formula is C23H28N2O6. The molecule has 1 atom stereocenters. The molecule has 1 unspecified atom stereocenters. The lowest BCUT2D eigenvalue weighted by molar-refractivity contribution is -0.180. The number of amides is 1. The summed E-state index contributed by atoms with van der Waals surface area (Å²) < 4.78 is 15.7. The van der Waals surface area contributed by atoms with E-state index in [0.717, 1.165) is 16.5 Å². The van der Waals surface area contributed by atoms with Crippen molar-refractivity contribution in [2.75, 3.05) is 20.0 Å². The average molecular weight is 428 g/mol. The van der Waals surface area contributed by atoms with Gasteiger partial charge in [0, 0.05) is 5.39 Å². The van der Waals surface area contributed by atoms with Gasteiger partial charge in [-0.15, -0.1) is 0 Å². The van der Waals surface area contributed by atoms with Crippen LogP contribution in [0.3, 0.4) is 0 Å². The summed E-state index contributed by atoms with van der Waals surface area (Å²) in [5.74, 6) is -0.994. The van der Waals surface area contributed by atoms with Gasteiger partial charge in [-0.1, -0.05) is 30.4 Å². The molecule has 1 saturated heterocycles. The number of rotatable bonds is 5. The zero-order valence-electron chi connectivity index (χ0n) is 18.2. The number of carboxylic acids is 1. The van der Waals surface area contributed by atoms with E-state index in [0.29, 0.717) is 5.69 Å². The number of ether oxygens (including phenoxy) is 3. The third-order valence-electron chi connectivity index (χ3n) is 4.82. The Balaban J connectivity index is 1.80. The van der Waals surface area contributed by atoms with Gasteiger partial charge in [0.2, 0.25) is 0 Å². The molecule has 166 valence electrons. The zero-order valence-corrected chi connectivity index (χ0v) is 18.2. The Kier molecular flexibility index (Phi) is 6.62. The normalized spacial score (nSPS) is 17.4. The number of hydrogen-bond donors (Lipinski definition) is 2. The molecule has 8 heteroatoms. The molecular weight excluding hydrogens is 400 g/mol. The molecule has 3 rings (SSSR count). The Morgan fingerprint density at radius 1 is 1.23 bits per heavy atom. The van der Waals surface area contributed by atoms with Crippen LogP contribution in [0.5, 0.6) is 0 Å². The molecule has 0 saturated carbocycles. The fraction of sp³-hybridized carbons (Fsp3) is 0.435. The van der Waals surface area contributed by atoms with Gasteiger partial charge < -0.3 is 24.6 Å². The molecule has 1 fully saturated rings. The van der Waals surface area contributed by atoms with Crippen LogP contribution in [-0.2, 0) is 19.0 Å². The summed E-state index contributed by atoms with van der Waals surface area (Å²) in [4.78, 5) is 28.4. The Labute approximate surface area is 181 Å². The smallest absolute Gasteiger partial charge is 0.408 e. The Morgan fingerprint density at radius 2 is 1.90 bits per heavy atom. The number of aromatic nitrogens is 1. The van der Waals surface area contributed by atoms with Crippen LogP contribution in [0.25, 0.3) is 17.0 Å². The summed E-state index contributed by atoms with van der Waals surface area (Å²) in [7, 11) is 0. The number of fused-ring (bicyclic) bond motifs is 1.